The van der Waals surface area contributed by atoms with Crippen molar-refractivity contribution >= 4 is 33.0 Å². The average molecular weight is 322 g/mol. The van der Waals surface area contributed by atoms with Crippen LogP contribution in [0.2, 0.25) is 5.02 Å². The van der Waals surface area contributed by atoms with Crippen LogP contribution in [0.25, 0.3) is 0 Å². The van der Waals surface area contributed by atoms with Gasteiger partial charge in [0, 0.05) is 12.1 Å². The summed E-state index contributed by atoms with van der Waals surface area (Å²) in [5.41, 5.74) is -1.11. The summed E-state index contributed by atoms with van der Waals surface area (Å²) >= 11 is 10.9. The first-order chi connectivity index (χ1) is 8.10. The predicted octanol–water partition coefficient (Wildman–Crippen LogP) is 3.15. The van der Waals surface area contributed by atoms with E-state index in [1.165, 1.54) is 6.92 Å². The van der Waals surface area contributed by atoms with E-state index in [4.69, 9.17) is 23.2 Å². The summed E-state index contributed by atoms with van der Waals surface area (Å²) in [6.07, 6.45) is -4.20. The zero-order valence-corrected chi connectivity index (χ0v) is 11.3. The van der Waals surface area contributed by atoms with E-state index >= 15 is 0 Å². The number of rotatable bonds is 3. The normalized spacial score (nSPS) is 14.6. The van der Waals surface area contributed by atoms with Gasteiger partial charge in [-0.15, -0.1) is 11.6 Å². The molecule has 0 saturated heterocycles. The minimum atomic E-state index is -4.63. The molecule has 1 aromatic rings. The van der Waals surface area contributed by atoms with Crippen LogP contribution in [0.15, 0.2) is 17.3 Å². The summed E-state index contributed by atoms with van der Waals surface area (Å²) in [7, 11) is -3.92. The number of sulfone groups is 1. The minimum Gasteiger partial charge on any atom is -0.243 e. The molecule has 0 aliphatic carbocycles. The van der Waals surface area contributed by atoms with Gasteiger partial charge in [-0.3, -0.25) is 0 Å². The van der Waals surface area contributed by atoms with Gasteiger partial charge < -0.3 is 0 Å². The quantitative estimate of drug-likeness (QED) is 0.803. The largest absolute Gasteiger partial charge is 0.417 e. The maximum atomic E-state index is 12.4. The van der Waals surface area contributed by atoms with E-state index in [2.05, 4.69) is 4.98 Å². The van der Waals surface area contributed by atoms with Crippen LogP contribution in [-0.2, 0) is 16.0 Å². The highest BCUT2D eigenvalue weighted by molar-refractivity contribution is 7.92. The molecule has 1 aromatic heterocycles. The first-order valence-electron chi connectivity index (χ1n) is 4.63. The maximum absolute atomic E-state index is 12.4. The lowest BCUT2D eigenvalue weighted by Crippen LogP contribution is -2.21. The second kappa shape index (κ2) is 5.22. The van der Waals surface area contributed by atoms with E-state index in [1.54, 1.807) is 0 Å². The van der Waals surface area contributed by atoms with Crippen LogP contribution >= 0.6 is 23.2 Å². The Balaban J connectivity index is 3.31. The highest BCUT2D eigenvalue weighted by Crippen LogP contribution is 2.32. The van der Waals surface area contributed by atoms with Crippen molar-refractivity contribution < 1.29 is 21.6 Å². The van der Waals surface area contributed by atoms with Crippen molar-refractivity contribution in [2.45, 2.75) is 23.4 Å². The SMILES string of the molecule is CC(CCl)S(=O)(=O)c1ncc(C(F)(F)F)cc1Cl. The van der Waals surface area contributed by atoms with Crippen molar-refractivity contribution in [3.63, 3.8) is 0 Å². The van der Waals surface area contributed by atoms with Crippen LogP contribution < -0.4 is 0 Å². The number of nitrogens with zero attached hydrogens (tertiary/aromatic N) is 1. The van der Waals surface area contributed by atoms with Gasteiger partial charge in [-0.05, 0) is 13.0 Å². The van der Waals surface area contributed by atoms with Gasteiger partial charge in [-0.1, -0.05) is 11.6 Å². The lowest BCUT2D eigenvalue weighted by Gasteiger charge is -2.12. The third kappa shape index (κ3) is 3.07. The van der Waals surface area contributed by atoms with Crippen LogP contribution in [-0.4, -0.2) is 24.5 Å². The second-order valence-corrected chi connectivity index (χ2v) is 6.52. The predicted molar refractivity (Wildman–Crippen MR) is 61.6 cm³/mol. The smallest absolute Gasteiger partial charge is 0.243 e. The van der Waals surface area contributed by atoms with Gasteiger partial charge in [0.1, 0.15) is 0 Å². The Morgan fingerprint density at radius 1 is 1.44 bits per heavy atom. The van der Waals surface area contributed by atoms with Crippen LogP contribution in [0, 0.1) is 0 Å². The molecule has 0 fully saturated rings. The first-order valence-corrected chi connectivity index (χ1v) is 7.09. The zero-order chi connectivity index (χ0) is 14.1. The van der Waals surface area contributed by atoms with Crippen LogP contribution in [0.4, 0.5) is 13.2 Å². The van der Waals surface area contributed by atoms with Crippen molar-refractivity contribution in [2.75, 3.05) is 5.88 Å². The Kier molecular flexibility index (Phi) is 4.51. The Morgan fingerprint density at radius 2 is 2.00 bits per heavy atom. The molecule has 102 valence electrons. The summed E-state index contributed by atoms with van der Waals surface area (Å²) in [6, 6.07) is 0.530. The fourth-order valence-corrected chi connectivity index (χ4v) is 3.13. The van der Waals surface area contributed by atoms with Crippen LogP contribution in [0.1, 0.15) is 12.5 Å². The molecular weight excluding hydrogens is 314 g/mol. The third-order valence-electron chi connectivity index (χ3n) is 2.15. The Labute approximate surface area is 112 Å². The van der Waals surface area contributed by atoms with E-state index in [0.717, 1.165) is 0 Å². The molecule has 0 saturated carbocycles. The van der Waals surface area contributed by atoms with Crippen LogP contribution in [0.3, 0.4) is 0 Å². The first kappa shape index (κ1) is 15.5. The fourth-order valence-electron chi connectivity index (χ4n) is 1.06. The van der Waals surface area contributed by atoms with Gasteiger partial charge in [0.2, 0.25) is 9.84 Å². The van der Waals surface area contributed by atoms with E-state index < -0.39 is 36.9 Å². The molecule has 0 bridgehead atoms. The summed E-state index contributed by atoms with van der Waals surface area (Å²) in [5.74, 6) is -0.207. The number of hydrogen-bond donors (Lipinski definition) is 0. The third-order valence-corrected chi connectivity index (χ3v) is 5.29. The number of pyridine rings is 1. The number of aromatic nitrogens is 1. The Hall–Kier alpha value is -0.530. The standard InChI is InChI=1S/C9H8Cl2F3NO2S/c1-5(3-10)18(16,17)8-7(11)2-6(4-15-8)9(12,13)14/h2,4-5H,3H2,1H3. The topological polar surface area (TPSA) is 47.0 Å². The molecule has 0 aliphatic rings. The minimum absolute atomic E-state index is 0.207. The lowest BCUT2D eigenvalue weighted by molar-refractivity contribution is -0.137. The van der Waals surface area contributed by atoms with Crippen molar-refractivity contribution in [3.05, 3.63) is 22.8 Å². The molecule has 0 aromatic carbocycles. The monoisotopic (exact) mass is 321 g/mol. The maximum Gasteiger partial charge on any atom is 0.417 e. The van der Waals surface area contributed by atoms with E-state index in [0.29, 0.717) is 12.3 Å². The van der Waals surface area contributed by atoms with Crippen molar-refractivity contribution in [1.29, 1.82) is 0 Å². The highest BCUT2D eigenvalue weighted by atomic mass is 35.5. The van der Waals surface area contributed by atoms with Gasteiger partial charge in [-0.25, -0.2) is 13.4 Å². The summed E-state index contributed by atoms with van der Waals surface area (Å²) in [4.78, 5) is 3.29. The van der Waals surface area contributed by atoms with Gasteiger partial charge in [0.25, 0.3) is 0 Å². The molecule has 0 aliphatic heterocycles. The van der Waals surface area contributed by atoms with Crippen molar-refractivity contribution in [3.8, 4) is 0 Å². The summed E-state index contributed by atoms with van der Waals surface area (Å²) in [6.45, 7) is 1.32. The average Bonchev–Trinajstić information content (AvgIpc) is 2.26. The van der Waals surface area contributed by atoms with E-state index in [-0.39, 0.29) is 5.88 Å². The molecule has 18 heavy (non-hydrogen) atoms. The van der Waals surface area contributed by atoms with Crippen molar-refractivity contribution in [1.82, 2.24) is 4.98 Å². The molecule has 1 rings (SSSR count). The van der Waals surface area contributed by atoms with Gasteiger partial charge >= 0.3 is 6.18 Å². The zero-order valence-electron chi connectivity index (χ0n) is 9.00. The second-order valence-electron chi connectivity index (χ2n) is 3.52. The van der Waals surface area contributed by atoms with Gasteiger partial charge in [0.05, 0.1) is 15.8 Å². The molecule has 1 atom stereocenters. The summed E-state index contributed by atoms with van der Waals surface area (Å²) in [5, 5.41) is -2.15. The molecule has 0 N–H and O–H groups in total. The molecule has 1 unspecified atom stereocenters. The number of hydrogen-bond acceptors (Lipinski definition) is 3. The van der Waals surface area contributed by atoms with E-state index in [1.807, 2.05) is 0 Å². The molecular formula is C9H8Cl2F3NO2S. The van der Waals surface area contributed by atoms with Crippen molar-refractivity contribution in [2.24, 2.45) is 0 Å². The van der Waals surface area contributed by atoms with Crippen LogP contribution in [0.5, 0.6) is 0 Å². The molecule has 1 heterocycles. The molecule has 0 amide bonds. The number of alkyl halides is 4. The lowest BCUT2D eigenvalue weighted by atomic mass is 10.3. The molecule has 0 spiro atoms. The van der Waals surface area contributed by atoms with Gasteiger partial charge in [-0.2, -0.15) is 13.2 Å². The number of halogens is 5. The van der Waals surface area contributed by atoms with E-state index in [9.17, 15) is 21.6 Å². The Morgan fingerprint density at radius 3 is 2.39 bits per heavy atom. The van der Waals surface area contributed by atoms with Gasteiger partial charge in [0.15, 0.2) is 5.03 Å². The fraction of sp³-hybridized carbons (Fsp3) is 0.444. The Bertz CT molecular complexity index is 545. The summed E-state index contributed by atoms with van der Waals surface area (Å²) < 4.78 is 60.7. The highest BCUT2D eigenvalue weighted by Gasteiger charge is 2.34. The molecule has 3 nitrogen and oxygen atoms in total. The molecule has 9 heteroatoms. The molecule has 0 radical (unpaired) electrons.